The maximum Gasteiger partial charge on any atom is 0.269 e. The molecular weight excluding hydrogens is 326 g/mol. The van der Waals surface area contributed by atoms with Crippen molar-refractivity contribution in [2.75, 3.05) is 24.0 Å². The highest BCUT2D eigenvalue weighted by Crippen LogP contribution is 2.34. The van der Waals surface area contributed by atoms with Gasteiger partial charge in [-0.15, -0.1) is 0 Å². The summed E-state index contributed by atoms with van der Waals surface area (Å²) in [5.41, 5.74) is 1.49. The van der Waals surface area contributed by atoms with E-state index in [9.17, 15) is 14.9 Å². The minimum Gasteiger partial charge on any atom is -0.454 e. The third kappa shape index (κ3) is 4.37. The first-order chi connectivity index (χ1) is 12.1. The number of hydrogen-bond acceptors (Lipinski definition) is 6. The van der Waals surface area contributed by atoms with Crippen molar-refractivity contribution in [1.29, 1.82) is 0 Å². The minimum atomic E-state index is -0.440. The van der Waals surface area contributed by atoms with Gasteiger partial charge in [0.1, 0.15) is 0 Å². The predicted molar refractivity (Wildman–Crippen MR) is 92.0 cm³/mol. The van der Waals surface area contributed by atoms with E-state index < -0.39 is 4.92 Å². The zero-order chi connectivity index (χ0) is 17.6. The Bertz CT molecular complexity index is 776. The molecule has 0 unspecified atom stereocenters. The lowest BCUT2D eigenvalue weighted by Crippen LogP contribution is -2.13. The van der Waals surface area contributed by atoms with Crippen LogP contribution >= 0.6 is 0 Å². The van der Waals surface area contributed by atoms with E-state index in [2.05, 4.69) is 10.6 Å². The molecule has 1 heterocycles. The average Bonchev–Trinajstić information content (AvgIpc) is 3.07. The molecule has 0 aromatic heterocycles. The normalized spacial score (nSPS) is 11.8. The van der Waals surface area contributed by atoms with Gasteiger partial charge in [0.05, 0.1) is 4.92 Å². The SMILES string of the molecule is O=C(CCCNc1ccc([N+](=O)[O-])cc1)Nc1ccc2c(c1)OCO2. The number of nitro groups is 1. The van der Waals surface area contributed by atoms with E-state index in [-0.39, 0.29) is 18.4 Å². The molecule has 0 saturated carbocycles. The highest BCUT2D eigenvalue weighted by Gasteiger charge is 2.14. The lowest BCUT2D eigenvalue weighted by atomic mass is 10.2. The summed E-state index contributed by atoms with van der Waals surface area (Å²) < 4.78 is 10.5. The van der Waals surface area contributed by atoms with Crippen molar-refractivity contribution in [2.45, 2.75) is 12.8 Å². The Morgan fingerprint density at radius 3 is 2.56 bits per heavy atom. The Balaban J connectivity index is 1.40. The van der Waals surface area contributed by atoms with Crippen LogP contribution in [0.5, 0.6) is 11.5 Å². The number of anilines is 2. The molecule has 0 bridgehead atoms. The Hall–Kier alpha value is -3.29. The van der Waals surface area contributed by atoms with Crippen LogP contribution in [0.15, 0.2) is 42.5 Å². The van der Waals surface area contributed by atoms with Gasteiger partial charge in [-0.3, -0.25) is 14.9 Å². The number of rotatable bonds is 7. The Labute approximate surface area is 143 Å². The largest absolute Gasteiger partial charge is 0.454 e. The molecule has 0 saturated heterocycles. The molecule has 8 nitrogen and oxygen atoms in total. The topological polar surface area (TPSA) is 103 Å². The van der Waals surface area contributed by atoms with Gasteiger partial charge in [0.25, 0.3) is 5.69 Å². The first-order valence-corrected chi connectivity index (χ1v) is 7.79. The number of nitrogens with one attached hydrogen (secondary N) is 2. The molecule has 25 heavy (non-hydrogen) atoms. The second-order valence-corrected chi connectivity index (χ2v) is 5.45. The summed E-state index contributed by atoms with van der Waals surface area (Å²) in [5, 5.41) is 16.5. The third-order valence-corrected chi connectivity index (χ3v) is 3.64. The standard InChI is InChI=1S/C17H17N3O5/c21-17(19-13-5-8-15-16(10-13)25-11-24-15)2-1-9-18-12-3-6-14(7-4-12)20(22)23/h3-8,10,18H,1-2,9,11H2,(H,19,21). The Morgan fingerprint density at radius 2 is 1.80 bits per heavy atom. The van der Waals surface area contributed by atoms with Gasteiger partial charge in [0.2, 0.25) is 12.7 Å². The van der Waals surface area contributed by atoms with Crippen molar-refractivity contribution >= 4 is 23.0 Å². The predicted octanol–water partition coefficient (Wildman–Crippen LogP) is 3.15. The molecule has 1 aliphatic heterocycles. The monoisotopic (exact) mass is 343 g/mol. The summed E-state index contributed by atoms with van der Waals surface area (Å²) in [5.74, 6) is 1.20. The molecule has 0 atom stereocenters. The van der Waals surface area contributed by atoms with Crippen molar-refractivity contribution in [1.82, 2.24) is 0 Å². The fraction of sp³-hybridized carbons (Fsp3) is 0.235. The molecule has 0 aliphatic carbocycles. The Kier molecular flexibility index (Phi) is 4.98. The van der Waals surface area contributed by atoms with Crippen LogP contribution in [0.2, 0.25) is 0 Å². The highest BCUT2D eigenvalue weighted by atomic mass is 16.7. The van der Waals surface area contributed by atoms with Crippen molar-refractivity contribution in [3.05, 3.63) is 52.6 Å². The quantitative estimate of drug-likeness (QED) is 0.455. The van der Waals surface area contributed by atoms with Crippen LogP contribution in [0, 0.1) is 10.1 Å². The number of fused-ring (bicyclic) bond motifs is 1. The molecular formula is C17H17N3O5. The maximum absolute atomic E-state index is 12.0. The number of amides is 1. The van der Waals surface area contributed by atoms with E-state index in [1.807, 2.05) is 0 Å². The molecule has 1 amide bonds. The minimum absolute atomic E-state index is 0.0497. The molecule has 8 heteroatoms. The average molecular weight is 343 g/mol. The van der Waals surface area contributed by atoms with Crippen LogP contribution in [0.25, 0.3) is 0 Å². The number of benzene rings is 2. The fourth-order valence-electron chi connectivity index (χ4n) is 2.38. The second kappa shape index (κ2) is 7.52. The van der Waals surface area contributed by atoms with Crippen LogP contribution in [-0.4, -0.2) is 24.2 Å². The maximum atomic E-state index is 12.0. The number of ether oxygens (including phenoxy) is 2. The van der Waals surface area contributed by atoms with Gasteiger partial charge in [-0.2, -0.15) is 0 Å². The number of non-ortho nitro benzene ring substituents is 1. The van der Waals surface area contributed by atoms with E-state index in [4.69, 9.17) is 9.47 Å². The van der Waals surface area contributed by atoms with Gasteiger partial charge in [-0.25, -0.2) is 0 Å². The van der Waals surface area contributed by atoms with Gasteiger partial charge in [-0.05, 0) is 30.7 Å². The number of carbonyl (C=O) groups is 1. The van der Waals surface area contributed by atoms with Gasteiger partial charge >= 0.3 is 0 Å². The van der Waals surface area contributed by atoms with Gasteiger partial charge in [0, 0.05) is 42.5 Å². The first-order valence-electron chi connectivity index (χ1n) is 7.79. The van der Waals surface area contributed by atoms with Crippen molar-refractivity contribution in [3.8, 4) is 11.5 Å². The third-order valence-electron chi connectivity index (χ3n) is 3.64. The lowest BCUT2D eigenvalue weighted by molar-refractivity contribution is -0.384. The molecule has 0 radical (unpaired) electrons. The molecule has 2 aromatic carbocycles. The summed E-state index contributed by atoms with van der Waals surface area (Å²) in [4.78, 5) is 22.1. The van der Waals surface area contributed by atoms with Crippen LogP contribution in [0.1, 0.15) is 12.8 Å². The van der Waals surface area contributed by atoms with Crippen LogP contribution in [0.4, 0.5) is 17.1 Å². The van der Waals surface area contributed by atoms with Gasteiger partial charge in [0.15, 0.2) is 11.5 Å². The van der Waals surface area contributed by atoms with Crippen LogP contribution < -0.4 is 20.1 Å². The van der Waals surface area contributed by atoms with Crippen LogP contribution in [-0.2, 0) is 4.79 Å². The molecule has 0 spiro atoms. The van der Waals surface area contributed by atoms with E-state index in [1.54, 1.807) is 30.3 Å². The van der Waals surface area contributed by atoms with E-state index in [1.165, 1.54) is 12.1 Å². The van der Waals surface area contributed by atoms with E-state index in [0.717, 1.165) is 5.69 Å². The summed E-state index contributed by atoms with van der Waals surface area (Å²) >= 11 is 0. The zero-order valence-electron chi connectivity index (χ0n) is 13.4. The van der Waals surface area contributed by atoms with Crippen molar-refractivity contribution in [3.63, 3.8) is 0 Å². The lowest BCUT2D eigenvalue weighted by Gasteiger charge is -2.08. The summed E-state index contributed by atoms with van der Waals surface area (Å²) in [7, 11) is 0. The molecule has 3 rings (SSSR count). The Morgan fingerprint density at radius 1 is 1.08 bits per heavy atom. The van der Waals surface area contributed by atoms with E-state index >= 15 is 0 Å². The zero-order valence-corrected chi connectivity index (χ0v) is 13.4. The fourth-order valence-corrected chi connectivity index (χ4v) is 2.38. The van der Waals surface area contributed by atoms with E-state index in [0.29, 0.717) is 36.6 Å². The van der Waals surface area contributed by atoms with Gasteiger partial charge in [-0.1, -0.05) is 0 Å². The first kappa shape index (κ1) is 16.6. The molecule has 2 aromatic rings. The summed E-state index contributed by atoms with van der Waals surface area (Å²) in [6.45, 7) is 0.785. The van der Waals surface area contributed by atoms with Crippen molar-refractivity contribution in [2.24, 2.45) is 0 Å². The summed E-state index contributed by atoms with van der Waals surface area (Å²) in [6.07, 6.45) is 0.988. The molecule has 2 N–H and O–H groups in total. The second-order valence-electron chi connectivity index (χ2n) is 5.45. The van der Waals surface area contributed by atoms with Gasteiger partial charge < -0.3 is 20.1 Å². The summed E-state index contributed by atoms with van der Waals surface area (Å²) in [6, 6.07) is 11.4. The van der Waals surface area contributed by atoms with Crippen LogP contribution in [0.3, 0.4) is 0 Å². The number of hydrogen-bond donors (Lipinski definition) is 2. The molecule has 130 valence electrons. The molecule has 0 fully saturated rings. The van der Waals surface area contributed by atoms with Crippen molar-refractivity contribution < 1.29 is 19.2 Å². The molecule has 1 aliphatic rings. The number of nitrogens with zero attached hydrogens (tertiary/aromatic N) is 1. The number of carbonyl (C=O) groups excluding carboxylic acids is 1. The highest BCUT2D eigenvalue weighted by molar-refractivity contribution is 5.91. The number of nitro benzene ring substituents is 1. The smallest absolute Gasteiger partial charge is 0.269 e.